The topological polar surface area (TPSA) is 39.1 Å². The Bertz CT molecular complexity index is 336. The average molecular weight is 255 g/mol. The molecule has 0 saturated carbocycles. The Morgan fingerprint density at radius 3 is 3.18 bits per heavy atom. The van der Waals surface area contributed by atoms with E-state index in [0.29, 0.717) is 12.1 Å². The molecule has 2 unspecified atom stereocenters. The van der Waals surface area contributed by atoms with E-state index < -0.39 is 0 Å². The number of nitrogens with one attached hydrogen (secondary N) is 1. The molecule has 0 bridgehead atoms. The third kappa shape index (κ3) is 3.47. The summed E-state index contributed by atoms with van der Waals surface area (Å²) in [7, 11) is 2.01. The van der Waals surface area contributed by atoms with Crippen molar-refractivity contribution >= 4 is 11.8 Å². The molecule has 5 heteroatoms. The minimum atomic E-state index is 0.323. The monoisotopic (exact) mass is 255 g/mol. The molecule has 0 aliphatic carbocycles. The molecule has 1 N–H and O–H groups in total. The van der Waals surface area contributed by atoms with E-state index in [-0.39, 0.29) is 0 Å². The Kier molecular flexibility index (Phi) is 4.88. The summed E-state index contributed by atoms with van der Waals surface area (Å²) < 4.78 is 7.80. The van der Waals surface area contributed by atoms with Crippen molar-refractivity contribution in [3.8, 4) is 0 Å². The third-order valence-corrected chi connectivity index (χ3v) is 4.15. The van der Waals surface area contributed by atoms with Crippen LogP contribution >= 0.6 is 11.8 Å². The van der Waals surface area contributed by atoms with Crippen molar-refractivity contribution in [3.63, 3.8) is 0 Å². The highest BCUT2D eigenvalue weighted by Crippen LogP contribution is 2.17. The minimum Gasteiger partial charge on any atom is -0.375 e. The summed E-state index contributed by atoms with van der Waals surface area (Å²) in [5, 5.41) is 7.68. The predicted molar refractivity (Wildman–Crippen MR) is 71.5 cm³/mol. The number of likely N-dealkylation sites (N-methyl/N-ethyl adjacent to an activating group) is 1. The minimum absolute atomic E-state index is 0.323. The quantitative estimate of drug-likeness (QED) is 0.857. The van der Waals surface area contributed by atoms with Gasteiger partial charge >= 0.3 is 0 Å². The zero-order valence-electron chi connectivity index (χ0n) is 10.6. The summed E-state index contributed by atoms with van der Waals surface area (Å²) in [6, 6.07) is 0.386. The zero-order valence-corrected chi connectivity index (χ0v) is 11.4. The first-order valence-electron chi connectivity index (χ1n) is 6.21. The number of aryl methyl sites for hydroxylation is 1. The Balaban J connectivity index is 1.93. The van der Waals surface area contributed by atoms with Crippen LogP contribution in [0.4, 0.5) is 0 Å². The molecular formula is C12H21N3OS. The lowest BCUT2D eigenvalue weighted by atomic mass is 10.0. The SMILES string of the molecule is CCn1cc(CC(NC)C2CSCCO2)cn1. The molecule has 0 radical (unpaired) electrons. The summed E-state index contributed by atoms with van der Waals surface area (Å²) in [5.41, 5.74) is 1.28. The Morgan fingerprint density at radius 2 is 2.59 bits per heavy atom. The Hall–Kier alpha value is -0.520. The molecule has 4 nitrogen and oxygen atoms in total. The summed E-state index contributed by atoms with van der Waals surface area (Å²) in [6.45, 7) is 3.91. The maximum absolute atomic E-state index is 5.83. The van der Waals surface area contributed by atoms with Gasteiger partial charge < -0.3 is 10.1 Å². The van der Waals surface area contributed by atoms with E-state index in [9.17, 15) is 0 Å². The van der Waals surface area contributed by atoms with Crippen molar-refractivity contribution in [2.24, 2.45) is 0 Å². The molecule has 0 spiro atoms. The van der Waals surface area contributed by atoms with Crippen molar-refractivity contribution in [2.45, 2.75) is 32.0 Å². The van der Waals surface area contributed by atoms with Crippen LogP contribution in [0.5, 0.6) is 0 Å². The lowest BCUT2D eigenvalue weighted by Crippen LogP contribution is -2.44. The van der Waals surface area contributed by atoms with Crippen molar-refractivity contribution in [3.05, 3.63) is 18.0 Å². The average Bonchev–Trinajstić information content (AvgIpc) is 2.84. The highest BCUT2D eigenvalue weighted by atomic mass is 32.2. The van der Waals surface area contributed by atoms with E-state index in [1.54, 1.807) is 0 Å². The number of rotatable bonds is 5. The molecule has 1 aliphatic heterocycles. The zero-order chi connectivity index (χ0) is 12.1. The van der Waals surface area contributed by atoms with Crippen LogP contribution in [0.2, 0.25) is 0 Å². The lowest BCUT2D eigenvalue weighted by molar-refractivity contribution is 0.0492. The van der Waals surface area contributed by atoms with Gasteiger partial charge in [-0.15, -0.1) is 0 Å². The van der Waals surface area contributed by atoms with Gasteiger partial charge in [0, 0.05) is 30.3 Å². The van der Waals surface area contributed by atoms with Crippen molar-refractivity contribution in [1.82, 2.24) is 15.1 Å². The summed E-state index contributed by atoms with van der Waals surface area (Å²) in [6.07, 6.45) is 5.40. The van der Waals surface area contributed by atoms with Gasteiger partial charge in [0.1, 0.15) is 0 Å². The van der Waals surface area contributed by atoms with Gasteiger partial charge in [-0.05, 0) is 26.0 Å². The van der Waals surface area contributed by atoms with E-state index in [1.807, 2.05) is 29.7 Å². The molecule has 2 rings (SSSR count). The van der Waals surface area contributed by atoms with Gasteiger partial charge in [-0.3, -0.25) is 4.68 Å². The molecule has 1 aliphatic rings. The second-order valence-corrected chi connectivity index (χ2v) is 5.44. The first-order valence-corrected chi connectivity index (χ1v) is 7.37. The molecule has 2 atom stereocenters. The molecular weight excluding hydrogens is 234 g/mol. The summed E-state index contributed by atoms with van der Waals surface area (Å²) in [4.78, 5) is 0. The number of hydrogen-bond acceptors (Lipinski definition) is 4. The fourth-order valence-corrected chi connectivity index (χ4v) is 3.04. The third-order valence-electron chi connectivity index (χ3n) is 3.13. The van der Waals surface area contributed by atoms with Crippen LogP contribution in [0.25, 0.3) is 0 Å². The van der Waals surface area contributed by atoms with Gasteiger partial charge in [0.05, 0.1) is 18.9 Å². The van der Waals surface area contributed by atoms with Crippen molar-refractivity contribution < 1.29 is 4.74 Å². The fraction of sp³-hybridized carbons (Fsp3) is 0.750. The molecule has 2 heterocycles. The van der Waals surface area contributed by atoms with Gasteiger partial charge in [-0.2, -0.15) is 16.9 Å². The van der Waals surface area contributed by atoms with Crippen LogP contribution < -0.4 is 5.32 Å². The number of aromatic nitrogens is 2. The van der Waals surface area contributed by atoms with E-state index in [4.69, 9.17) is 4.74 Å². The maximum atomic E-state index is 5.83. The highest BCUT2D eigenvalue weighted by molar-refractivity contribution is 7.99. The van der Waals surface area contributed by atoms with E-state index in [0.717, 1.165) is 31.1 Å². The summed E-state index contributed by atoms with van der Waals surface area (Å²) >= 11 is 1.98. The second-order valence-electron chi connectivity index (χ2n) is 4.29. The predicted octanol–water partition coefficient (Wildman–Crippen LogP) is 1.17. The molecule has 1 aromatic rings. The van der Waals surface area contributed by atoms with Crippen LogP contribution in [0.1, 0.15) is 12.5 Å². The molecule has 1 aromatic heterocycles. The van der Waals surface area contributed by atoms with Crippen LogP contribution in [-0.2, 0) is 17.7 Å². The van der Waals surface area contributed by atoms with Gasteiger partial charge in [-0.1, -0.05) is 0 Å². The molecule has 96 valence electrons. The van der Waals surface area contributed by atoms with Gasteiger partial charge in [0.2, 0.25) is 0 Å². The van der Waals surface area contributed by atoms with Crippen LogP contribution in [0.3, 0.4) is 0 Å². The molecule has 1 saturated heterocycles. The largest absolute Gasteiger partial charge is 0.375 e. The Labute approximate surface area is 107 Å². The highest BCUT2D eigenvalue weighted by Gasteiger charge is 2.24. The number of ether oxygens (including phenoxy) is 1. The standard InChI is InChI=1S/C12H21N3OS/c1-3-15-8-10(7-14-15)6-11(13-2)12-9-17-5-4-16-12/h7-8,11-13H,3-6,9H2,1-2H3. The molecule has 0 aromatic carbocycles. The molecule has 0 amide bonds. The smallest absolute Gasteiger partial charge is 0.0821 e. The number of hydrogen-bond donors (Lipinski definition) is 1. The van der Waals surface area contributed by atoms with Gasteiger partial charge in [0.25, 0.3) is 0 Å². The molecule has 1 fully saturated rings. The second kappa shape index (κ2) is 6.42. The Morgan fingerprint density at radius 1 is 1.71 bits per heavy atom. The van der Waals surface area contributed by atoms with Gasteiger partial charge in [-0.25, -0.2) is 0 Å². The van der Waals surface area contributed by atoms with E-state index in [1.165, 1.54) is 5.56 Å². The molecule has 17 heavy (non-hydrogen) atoms. The number of thioether (sulfide) groups is 1. The lowest BCUT2D eigenvalue weighted by Gasteiger charge is -2.29. The maximum Gasteiger partial charge on any atom is 0.0821 e. The van der Waals surface area contributed by atoms with Gasteiger partial charge in [0.15, 0.2) is 0 Å². The van der Waals surface area contributed by atoms with E-state index >= 15 is 0 Å². The first-order chi connectivity index (χ1) is 8.33. The number of nitrogens with zero attached hydrogens (tertiary/aromatic N) is 2. The van der Waals surface area contributed by atoms with Crippen LogP contribution in [0, 0.1) is 0 Å². The summed E-state index contributed by atoms with van der Waals surface area (Å²) in [5.74, 6) is 2.22. The van der Waals surface area contributed by atoms with Crippen molar-refractivity contribution in [2.75, 3.05) is 25.2 Å². The van der Waals surface area contributed by atoms with Crippen LogP contribution in [0.15, 0.2) is 12.4 Å². The normalized spacial score (nSPS) is 22.6. The fourth-order valence-electron chi connectivity index (χ4n) is 2.10. The van der Waals surface area contributed by atoms with Crippen molar-refractivity contribution in [1.29, 1.82) is 0 Å². The van der Waals surface area contributed by atoms with Crippen LogP contribution in [-0.4, -0.2) is 47.1 Å². The first kappa shape index (κ1) is 12.9. The van der Waals surface area contributed by atoms with E-state index in [2.05, 4.69) is 23.5 Å².